The molecule has 2 heterocycles. The summed E-state index contributed by atoms with van der Waals surface area (Å²) >= 11 is 0. The second kappa shape index (κ2) is 7.63. The van der Waals surface area contributed by atoms with Gasteiger partial charge in [-0.15, -0.1) is 0 Å². The summed E-state index contributed by atoms with van der Waals surface area (Å²) in [6, 6.07) is 10.8. The molecule has 2 fully saturated rings. The number of unbranched alkanes of at least 4 members (excludes halogenated alkanes) is 1. The Morgan fingerprint density at radius 1 is 1.03 bits per heavy atom. The molecule has 4 atom stereocenters. The van der Waals surface area contributed by atoms with E-state index in [0.29, 0.717) is 0 Å². The van der Waals surface area contributed by atoms with Crippen molar-refractivity contribution >= 4 is 18.0 Å². The van der Waals surface area contributed by atoms with E-state index in [9.17, 15) is 9.59 Å². The quantitative estimate of drug-likeness (QED) is 0.394. The maximum atomic E-state index is 12.8. The molecule has 0 radical (unpaired) electrons. The molecular formula is C26H29N3O2. The third kappa shape index (κ3) is 3.18. The Morgan fingerprint density at radius 3 is 2.29 bits per heavy atom. The minimum atomic E-state index is -0.210. The summed E-state index contributed by atoms with van der Waals surface area (Å²) in [7, 11) is 0. The molecule has 1 aliphatic heterocycles. The van der Waals surface area contributed by atoms with Crippen molar-refractivity contribution in [3.63, 3.8) is 0 Å². The predicted octanol–water partition coefficient (Wildman–Crippen LogP) is 4.58. The fourth-order valence-electron chi connectivity index (χ4n) is 5.63. The van der Waals surface area contributed by atoms with Gasteiger partial charge in [-0.25, -0.2) is 0 Å². The highest BCUT2D eigenvalue weighted by Gasteiger charge is 2.59. The van der Waals surface area contributed by atoms with Crippen LogP contribution in [-0.2, 0) is 16.0 Å². The summed E-state index contributed by atoms with van der Waals surface area (Å²) in [6.45, 7) is 6.32. The van der Waals surface area contributed by atoms with Gasteiger partial charge < -0.3 is 4.57 Å². The van der Waals surface area contributed by atoms with Gasteiger partial charge in [0.2, 0.25) is 0 Å². The molecule has 2 amide bonds. The lowest BCUT2D eigenvalue weighted by Gasteiger charge is -2.13. The molecule has 1 saturated carbocycles. The highest BCUT2D eigenvalue weighted by molar-refractivity contribution is 6.06. The van der Waals surface area contributed by atoms with Crippen LogP contribution in [0.3, 0.4) is 0 Å². The summed E-state index contributed by atoms with van der Waals surface area (Å²) in [5.41, 5.74) is 5.53. The van der Waals surface area contributed by atoms with Crippen molar-refractivity contribution in [1.29, 1.82) is 0 Å². The molecular weight excluding hydrogens is 386 g/mol. The Hall–Kier alpha value is -2.95. The molecule has 1 saturated heterocycles. The molecule has 0 unspecified atom stereocenters. The van der Waals surface area contributed by atoms with E-state index in [1.165, 1.54) is 18.4 Å². The number of rotatable bonds is 6. The third-order valence-electron chi connectivity index (χ3n) is 7.24. The first-order valence-corrected chi connectivity index (χ1v) is 11.4. The molecule has 5 heteroatoms. The van der Waals surface area contributed by atoms with Crippen LogP contribution in [-0.4, -0.2) is 27.6 Å². The second-order valence-corrected chi connectivity index (χ2v) is 9.16. The second-order valence-electron chi connectivity index (χ2n) is 9.16. The van der Waals surface area contributed by atoms with Crippen LogP contribution in [0.1, 0.15) is 48.7 Å². The SMILES string of the molecule is CCCCc1ccc(-n2c(C)cc(C=NN3C(=O)[C@@H]4[C@H](C3=O)[C@H]3C=C[C@H]4C3)c2C)cc1. The standard InChI is InChI=1S/C26H29N3O2/c1-4-5-6-18-7-11-22(12-8-18)28-16(2)13-21(17(28)3)15-27-29-25(30)23-19-9-10-20(14-19)24(23)26(29)31/h7-13,15,19-20,23-24H,4-6,14H2,1-3H3/t19-,20-,23-,24+/m0/s1. The van der Waals surface area contributed by atoms with Crippen LogP contribution in [0.2, 0.25) is 0 Å². The van der Waals surface area contributed by atoms with Crippen LogP contribution in [0.25, 0.3) is 5.69 Å². The number of carbonyl (C=O) groups excluding carboxylic acids is 2. The third-order valence-corrected chi connectivity index (χ3v) is 7.24. The Labute approximate surface area is 183 Å². The molecule has 160 valence electrons. The highest BCUT2D eigenvalue weighted by Crippen LogP contribution is 2.52. The minimum Gasteiger partial charge on any atom is -0.318 e. The molecule has 5 rings (SSSR count). The van der Waals surface area contributed by atoms with Gasteiger partial charge in [-0.1, -0.05) is 37.6 Å². The number of hydrogen-bond donors (Lipinski definition) is 0. The lowest BCUT2D eigenvalue weighted by atomic mass is 9.85. The van der Waals surface area contributed by atoms with Crippen molar-refractivity contribution < 1.29 is 9.59 Å². The number of imide groups is 1. The first kappa shape index (κ1) is 20.0. The smallest absolute Gasteiger partial charge is 0.254 e. The number of amides is 2. The van der Waals surface area contributed by atoms with E-state index in [2.05, 4.69) is 66.0 Å². The predicted molar refractivity (Wildman–Crippen MR) is 121 cm³/mol. The summed E-state index contributed by atoms with van der Waals surface area (Å²) in [6.07, 6.45) is 10.3. The van der Waals surface area contributed by atoms with Gasteiger partial charge in [0.05, 0.1) is 18.1 Å². The van der Waals surface area contributed by atoms with Crippen molar-refractivity contribution in [3.05, 3.63) is 65.0 Å². The molecule has 1 aromatic heterocycles. The largest absolute Gasteiger partial charge is 0.318 e. The van der Waals surface area contributed by atoms with E-state index >= 15 is 0 Å². The molecule has 0 N–H and O–H groups in total. The van der Waals surface area contributed by atoms with Crippen LogP contribution < -0.4 is 0 Å². The number of carbonyl (C=O) groups is 2. The highest BCUT2D eigenvalue weighted by atomic mass is 16.2. The maximum Gasteiger partial charge on any atom is 0.254 e. The number of hydrazone groups is 1. The molecule has 3 aliphatic rings. The van der Waals surface area contributed by atoms with Gasteiger partial charge in [-0.3, -0.25) is 9.59 Å². The number of allylic oxidation sites excluding steroid dienone is 2. The molecule has 2 aliphatic carbocycles. The van der Waals surface area contributed by atoms with E-state index in [0.717, 1.165) is 40.5 Å². The van der Waals surface area contributed by atoms with E-state index in [4.69, 9.17) is 0 Å². The van der Waals surface area contributed by atoms with Gasteiger partial charge in [-0.05, 0) is 68.7 Å². The van der Waals surface area contributed by atoms with Crippen LogP contribution in [0, 0.1) is 37.5 Å². The number of hydrogen-bond acceptors (Lipinski definition) is 3. The molecule has 31 heavy (non-hydrogen) atoms. The number of benzene rings is 1. The first-order valence-electron chi connectivity index (χ1n) is 11.4. The Balaban J connectivity index is 1.37. The van der Waals surface area contributed by atoms with Gasteiger partial charge in [-0.2, -0.15) is 10.1 Å². The average molecular weight is 416 g/mol. The summed E-state index contributed by atoms with van der Waals surface area (Å²) < 4.78 is 2.19. The summed E-state index contributed by atoms with van der Waals surface area (Å²) in [5, 5.41) is 5.48. The van der Waals surface area contributed by atoms with Crippen molar-refractivity contribution in [3.8, 4) is 5.69 Å². The lowest BCUT2D eigenvalue weighted by Crippen LogP contribution is -2.28. The molecule has 1 aromatic carbocycles. The number of aromatic nitrogens is 1. The zero-order valence-electron chi connectivity index (χ0n) is 18.4. The first-order chi connectivity index (χ1) is 15.0. The van der Waals surface area contributed by atoms with Crippen LogP contribution >= 0.6 is 0 Å². The zero-order chi connectivity index (χ0) is 21.7. The number of nitrogens with zero attached hydrogens (tertiary/aromatic N) is 3. The molecule has 2 bridgehead atoms. The van der Waals surface area contributed by atoms with Gasteiger partial charge in [0, 0.05) is 22.6 Å². The normalized spacial score (nSPS) is 26.6. The lowest BCUT2D eigenvalue weighted by molar-refractivity contribution is -0.140. The maximum absolute atomic E-state index is 12.8. The molecule has 0 spiro atoms. The molecule has 2 aromatic rings. The van der Waals surface area contributed by atoms with Crippen molar-refractivity contribution in [2.75, 3.05) is 0 Å². The van der Waals surface area contributed by atoms with Crippen molar-refractivity contribution in [1.82, 2.24) is 9.58 Å². The van der Waals surface area contributed by atoms with Gasteiger partial charge in [0.15, 0.2) is 0 Å². The Bertz CT molecular complexity index is 1060. The molecule has 5 nitrogen and oxygen atoms in total. The van der Waals surface area contributed by atoms with Crippen molar-refractivity contribution in [2.24, 2.45) is 28.8 Å². The van der Waals surface area contributed by atoms with Crippen LogP contribution in [0.15, 0.2) is 47.6 Å². The van der Waals surface area contributed by atoms with Gasteiger partial charge >= 0.3 is 0 Å². The Kier molecular flexibility index (Phi) is 4.92. The van der Waals surface area contributed by atoms with Crippen molar-refractivity contribution in [2.45, 2.75) is 46.5 Å². The van der Waals surface area contributed by atoms with Crippen LogP contribution in [0.5, 0.6) is 0 Å². The van der Waals surface area contributed by atoms with E-state index < -0.39 is 0 Å². The fraction of sp³-hybridized carbons (Fsp3) is 0.423. The van der Waals surface area contributed by atoms with E-state index in [-0.39, 0.29) is 35.5 Å². The van der Waals surface area contributed by atoms with E-state index in [1.807, 2.05) is 6.92 Å². The summed E-state index contributed by atoms with van der Waals surface area (Å²) in [5.74, 6) is -0.287. The topological polar surface area (TPSA) is 54.7 Å². The number of aryl methyl sites for hydroxylation is 2. The zero-order valence-corrected chi connectivity index (χ0v) is 18.4. The fourth-order valence-corrected chi connectivity index (χ4v) is 5.63. The van der Waals surface area contributed by atoms with Gasteiger partial charge in [0.1, 0.15) is 0 Å². The average Bonchev–Trinajstić information content (AvgIpc) is 3.50. The monoisotopic (exact) mass is 415 g/mol. The minimum absolute atomic E-state index is 0.139. The van der Waals surface area contributed by atoms with Gasteiger partial charge in [0.25, 0.3) is 11.8 Å². The Morgan fingerprint density at radius 2 is 1.68 bits per heavy atom. The summed E-state index contributed by atoms with van der Waals surface area (Å²) in [4.78, 5) is 25.7. The van der Waals surface area contributed by atoms with Crippen LogP contribution in [0.4, 0.5) is 0 Å². The van der Waals surface area contributed by atoms with E-state index in [1.54, 1.807) is 6.21 Å². The number of fused-ring (bicyclic) bond motifs is 5.